The predicted octanol–water partition coefficient (Wildman–Crippen LogP) is 2.72. The van der Waals surface area contributed by atoms with Crippen molar-refractivity contribution < 1.29 is 9.18 Å². The Bertz CT molecular complexity index is 1260. The van der Waals surface area contributed by atoms with Crippen LogP contribution in [0.3, 0.4) is 0 Å². The van der Waals surface area contributed by atoms with Gasteiger partial charge in [-0.15, -0.1) is 0 Å². The van der Waals surface area contributed by atoms with Crippen LogP contribution < -0.4 is 5.56 Å². The number of hydrogen-bond acceptors (Lipinski definition) is 3. The monoisotopic (exact) mass is 364 g/mol. The van der Waals surface area contributed by atoms with Gasteiger partial charge in [0.05, 0.1) is 5.56 Å². The molecular formula is C20H17FN4O2. The number of carbonyl (C=O) groups is 1. The molecule has 0 saturated carbocycles. The van der Waals surface area contributed by atoms with E-state index in [0.717, 1.165) is 0 Å². The lowest BCUT2D eigenvalue weighted by Crippen LogP contribution is -2.27. The number of carbonyl (C=O) groups excluding carboxylic acids is 1. The molecule has 0 aliphatic rings. The number of pyridine rings is 2. The van der Waals surface area contributed by atoms with Gasteiger partial charge in [-0.3, -0.25) is 14.2 Å². The molecule has 1 amide bonds. The van der Waals surface area contributed by atoms with Crippen molar-refractivity contribution in [2.24, 2.45) is 7.05 Å². The van der Waals surface area contributed by atoms with Crippen molar-refractivity contribution in [2.45, 2.75) is 0 Å². The topological polar surface area (TPSA) is 60.1 Å². The number of nitrogens with zero attached hydrogens (tertiary/aromatic N) is 4. The summed E-state index contributed by atoms with van der Waals surface area (Å²) in [4.78, 5) is 31.8. The van der Waals surface area contributed by atoms with E-state index in [1.807, 2.05) is 0 Å². The zero-order valence-corrected chi connectivity index (χ0v) is 15.1. The summed E-state index contributed by atoms with van der Waals surface area (Å²) in [6.45, 7) is 0. The molecule has 0 spiro atoms. The van der Waals surface area contributed by atoms with Gasteiger partial charge in [-0.05, 0) is 30.3 Å². The summed E-state index contributed by atoms with van der Waals surface area (Å²) in [6.07, 6.45) is 3.07. The molecule has 0 saturated heterocycles. The molecule has 0 fully saturated rings. The van der Waals surface area contributed by atoms with Crippen LogP contribution in [0.2, 0.25) is 0 Å². The summed E-state index contributed by atoms with van der Waals surface area (Å²) in [7, 11) is 5.00. The smallest absolute Gasteiger partial charge is 0.280 e. The Morgan fingerprint density at radius 3 is 2.63 bits per heavy atom. The molecule has 4 rings (SSSR count). The van der Waals surface area contributed by atoms with Crippen LogP contribution in [0.1, 0.15) is 10.4 Å². The summed E-state index contributed by atoms with van der Waals surface area (Å²) >= 11 is 0. The third-order valence-corrected chi connectivity index (χ3v) is 4.64. The maximum absolute atomic E-state index is 13.9. The highest BCUT2D eigenvalue weighted by molar-refractivity contribution is 6.17. The molecule has 1 aromatic carbocycles. The molecule has 0 radical (unpaired) electrons. The number of rotatable bonds is 2. The number of hydrogen-bond donors (Lipinski definition) is 0. The van der Waals surface area contributed by atoms with Gasteiger partial charge in [0.25, 0.3) is 11.5 Å². The van der Waals surface area contributed by atoms with Crippen LogP contribution in [-0.2, 0) is 7.05 Å². The van der Waals surface area contributed by atoms with Crippen molar-refractivity contribution in [1.29, 1.82) is 0 Å². The van der Waals surface area contributed by atoms with Crippen molar-refractivity contribution in [2.75, 3.05) is 14.1 Å². The van der Waals surface area contributed by atoms with Crippen molar-refractivity contribution >= 4 is 27.7 Å². The first-order valence-electron chi connectivity index (χ1n) is 8.36. The van der Waals surface area contributed by atoms with Crippen LogP contribution in [0.15, 0.2) is 53.6 Å². The molecule has 0 aliphatic heterocycles. The molecule has 3 heterocycles. The summed E-state index contributed by atoms with van der Waals surface area (Å²) < 4.78 is 17.0. The first kappa shape index (κ1) is 17.0. The van der Waals surface area contributed by atoms with Gasteiger partial charge in [-0.2, -0.15) is 0 Å². The fourth-order valence-corrected chi connectivity index (χ4v) is 3.38. The van der Waals surface area contributed by atoms with E-state index in [1.165, 1.54) is 27.8 Å². The second kappa shape index (κ2) is 6.05. The maximum atomic E-state index is 13.9. The minimum absolute atomic E-state index is 0.276. The van der Waals surface area contributed by atoms with Crippen LogP contribution in [0, 0.1) is 5.82 Å². The van der Waals surface area contributed by atoms with Crippen LogP contribution in [0.25, 0.3) is 27.6 Å². The molecule has 0 unspecified atom stereocenters. The molecule has 6 nitrogen and oxygen atoms in total. The van der Waals surface area contributed by atoms with E-state index < -0.39 is 5.82 Å². The zero-order valence-electron chi connectivity index (χ0n) is 15.1. The molecule has 0 bridgehead atoms. The van der Waals surface area contributed by atoms with E-state index in [0.29, 0.717) is 33.2 Å². The quantitative estimate of drug-likeness (QED) is 0.549. The number of benzene rings is 1. The number of aryl methyl sites for hydroxylation is 1. The van der Waals surface area contributed by atoms with Crippen molar-refractivity contribution in [1.82, 2.24) is 19.0 Å². The van der Waals surface area contributed by atoms with Crippen molar-refractivity contribution in [3.8, 4) is 5.82 Å². The number of halogens is 1. The van der Waals surface area contributed by atoms with Crippen molar-refractivity contribution in [3.05, 3.63) is 70.5 Å². The Hall–Kier alpha value is -3.48. The molecule has 4 aromatic rings. The van der Waals surface area contributed by atoms with Gasteiger partial charge in [-0.25, -0.2) is 9.37 Å². The molecule has 27 heavy (non-hydrogen) atoms. The Kier molecular flexibility index (Phi) is 3.80. The van der Waals surface area contributed by atoms with Gasteiger partial charge in [0, 0.05) is 49.8 Å². The summed E-state index contributed by atoms with van der Waals surface area (Å²) in [6, 6.07) is 9.51. The van der Waals surface area contributed by atoms with Gasteiger partial charge >= 0.3 is 0 Å². The number of aromatic nitrogens is 3. The minimum atomic E-state index is -0.424. The first-order valence-corrected chi connectivity index (χ1v) is 8.36. The van der Waals surface area contributed by atoms with E-state index in [2.05, 4.69) is 4.98 Å². The van der Waals surface area contributed by atoms with E-state index >= 15 is 0 Å². The molecule has 3 aromatic heterocycles. The Morgan fingerprint density at radius 2 is 1.96 bits per heavy atom. The predicted molar refractivity (Wildman–Crippen MR) is 102 cm³/mol. The fourth-order valence-electron chi connectivity index (χ4n) is 3.38. The third kappa shape index (κ3) is 2.51. The van der Waals surface area contributed by atoms with Crippen molar-refractivity contribution in [3.63, 3.8) is 0 Å². The largest absolute Gasteiger partial charge is 0.345 e. The Labute approximate surface area is 154 Å². The van der Waals surface area contributed by atoms with Gasteiger partial charge in [-0.1, -0.05) is 6.07 Å². The molecule has 0 atom stereocenters. The molecule has 0 N–H and O–H groups in total. The van der Waals surface area contributed by atoms with Gasteiger partial charge in [0.15, 0.2) is 0 Å². The lowest BCUT2D eigenvalue weighted by molar-refractivity contribution is 0.0829. The number of amides is 1. The fraction of sp³-hybridized carbons (Fsp3) is 0.150. The summed E-state index contributed by atoms with van der Waals surface area (Å²) in [5, 5.41) is 0.978. The minimum Gasteiger partial charge on any atom is -0.345 e. The highest BCUT2D eigenvalue weighted by Crippen LogP contribution is 2.30. The first-order chi connectivity index (χ1) is 12.9. The van der Waals surface area contributed by atoms with E-state index in [1.54, 1.807) is 56.2 Å². The highest BCUT2D eigenvalue weighted by atomic mass is 19.1. The van der Waals surface area contributed by atoms with Gasteiger partial charge < -0.3 is 9.47 Å². The molecular weight excluding hydrogens is 347 g/mol. The maximum Gasteiger partial charge on any atom is 0.280 e. The van der Waals surface area contributed by atoms with Crippen LogP contribution in [-0.4, -0.2) is 39.0 Å². The average molecular weight is 364 g/mol. The SMILES string of the molecule is CN(C)C(=O)c1cn(-c2ccccn2)c(=O)c2c1c1cc(F)ccc1n2C. The molecule has 7 heteroatoms. The highest BCUT2D eigenvalue weighted by Gasteiger charge is 2.23. The van der Waals surface area contributed by atoms with Crippen LogP contribution in [0.4, 0.5) is 4.39 Å². The van der Waals surface area contributed by atoms with Crippen LogP contribution >= 0.6 is 0 Å². The van der Waals surface area contributed by atoms with Gasteiger partial charge in [0.2, 0.25) is 0 Å². The zero-order chi connectivity index (χ0) is 19.3. The molecule has 0 aliphatic carbocycles. The standard InChI is InChI=1S/C20H17FN4O2/c1-23(2)19(26)14-11-25(16-6-4-5-9-22-16)20(27)18-17(14)13-10-12(21)7-8-15(13)24(18)3/h4-11H,1-3H3. The van der Waals surface area contributed by atoms with E-state index in [9.17, 15) is 14.0 Å². The number of fused-ring (bicyclic) bond motifs is 3. The lowest BCUT2D eigenvalue weighted by Gasteiger charge is -2.14. The second-order valence-corrected chi connectivity index (χ2v) is 6.55. The van der Waals surface area contributed by atoms with Gasteiger partial charge in [0.1, 0.15) is 17.2 Å². The second-order valence-electron chi connectivity index (χ2n) is 6.55. The van der Waals surface area contributed by atoms with E-state index in [-0.39, 0.29) is 11.5 Å². The summed E-state index contributed by atoms with van der Waals surface area (Å²) in [5.41, 5.74) is 0.999. The van der Waals surface area contributed by atoms with Crippen LogP contribution in [0.5, 0.6) is 0 Å². The molecule has 136 valence electrons. The normalized spacial score (nSPS) is 11.3. The third-order valence-electron chi connectivity index (χ3n) is 4.64. The average Bonchev–Trinajstić information content (AvgIpc) is 2.95. The Balaban J connectivity index is 2.24. The Morgan fingerprint density at radius 1 is 1.19 bits per heavy atom. The summed E-state index contributed by atoms with van der Waals surface area (Å²) in [5.74, 6) is -0.290. The van der Waals surface area contributed by atoms with E-state index in [4.69, 9.17) is 0 Å². The lowest BCUT2D eigenvalue weighted by atomic mass is 10.1.